The van der Waals surface area contributed by atoms with Crippen LogP contribution in [0.25, 0.3) is 22.2 Å². The molecule has 1 unspecified atom stereocenters. The maximum absolute atomic E-state index is 12.2. The van der Waals surface area contributed by atoms with E-state index in [1.54, 1.807) is 0 Å². The Bertz CT molecular complexity index is 1110. The second-order valence-electron chi connectivity index (χ2n) is 7.33. The number of nitrogens with one attached hydrogen (secondary N) is 1. The van der Waals surface area contributed by atoms with E-state index in [1.807, 2.05) is 13.0 Å². The molecule has 0 bridgehead atoms. The molecule has 0 aliphatic carbocycles. The van der Waals surface area contributed by atoms with Crippen molar-refractivity contribution in [2.45, 2.75) is 32.4 Å². The highest BCUT2D eigenvalue weighted by atomic mass is 35.5. The van der Waals surface area contributed by atoms with Gasteiger partial charge < -0.3 is 14.7 Å². The summed E-state index contributed by atoms with van der Waals surface area (Å²) in [5.41, 5.74) is 4.11. The van der Waals surface area contributed by atoms with Crippen molar-refractivity contribution >= 4 is 29.3 Å². The van der Waals surface area contributed by atoms with Gasteiger partial charge >= 0.3 is 5.97 Å². The molecule has 0 saturated carbocycles. The van der Waals surface area contributed by atoms with Gasteiger partial charge in [0, 0.05) is 11.3 Å². The number of pyridine rings is 1. The summed E-state index contributed by atoms with van der Waals surface area (Å²) in [4.78, 5) is 28.5. The molecule has 0 radical (unpaired) electrons. The molecule has 3 aromatic rings. The Labute approximate surface area is 169 Å². The molecule has 6 nitrogen and oxygen atoms in total. The third-order valence-corrected chi connectivity index (χ3v) is 5.50. The Kier molecular flexibility index (Phi) is 5.37. The first-order valence-corrected chi connectivity index (χ1v) is 9.21. The number of rotatable bonds is 4. The monoisotopic (exact) mass is 401 g/mol. The average molecular weight is 402 g/mol. The van der Waals surface area contributed by atoms with E-state index in [1.165, 1.54) is 17.1 Å². The lowest BCUT2D eigenvalue weighted by Crippen LogP contribution is -2.22. The lowest BCUT2D eigenvalue weighted by Gasteiger charge is -2.22. The molecule has 1 atom stereocenters. The number of halogens is 1. The van der Waals surface area contributed by atoms with E-state index >= 15 is 0 Å². The van der Waals surface area contributed by atoms with E-state index in [-0.39, 0.29) is 18.0 Å². The van der Waals surface area contributed by atoms with Crippen LogP contribution in [0.3, 0.4) is 0 Å². The highest BCUT2D eigenvalue weighted by Crippen LogP contribution is 2.36. The zero-order chi connectivity index (χ0) is 19.3. The second kappa shape index (κ2) is 7.45. The third kappa shape index (κ3) is 3.12. The van der Waals surface area contributed by atoms with Gasteiger partial charge in [0.05, 0.1) is 17.4 Å². The molecule has 148 valence electrons. The predicted molar refractivity (Wildman–Crippen MR) is 113 cm³/mol. The summed E-state index contributed by atoms with van der Waals surface area (Å²) >= 11 is 0. The van der Waals surface area contributed by atoms with Gasteiger partial charge in [-0.15, -0.1) is 12.4 Å². The fourth-order valence-corrected chi connectivity index (χ4v) is 4.14. The molecule has 1 aliphatic rings. The van der Waals surface area contributed by atoms with Crippen LogP contribution in [0.1, 0.15) is 41.1 Å². The summed E-state index contributed by atoms with van der Waals surface area (Å²) < 4.78 is 2.37. The number of benzene rings is 1. The number of fused-ring (bicyclic) bond motifs is 3. The normalized spacial score (nSPS) is 15.6. The van der Waals surface area contributed by atoms with Crippen LogP contribution in [0.4, 0.5) is 0 Å². The summed E-state index contributed by atoms with van der Waals surface area (Å²) in [6.45, 7) is 1.96. The van der Waals surface area contributed by atoms with Gasteiger partial charge in [-0.25, -0.2) is 4.79 Å². The zero-order valence-corrected chi connectivity index (χ0v) is 17.0. The molecule has 3 heterocycles. The average Bonchev–Trinajstić information content (AvgIpc) is 3.19. The number of aryl methyl sites for hydroxylation is 2. The largest absolute Gasteiger partial charge is 0.477 e. The van der Waals surface area contributed by atoms with Crippen LogP contribution >= 0.6 is 12.4 Å². The lowest BCUT2D eigenvalue weighted by atomic mass is 10.0. The lowest BCUT2D eigenvalue weighted by molar-refractivity contribution is 0.0695. The van der Waals surface area contributed by atoms with E-state index in [2.05, 4.69) is 46.7 Å². The van der Waals surface area contributed by atoms with Crippen molar-refractivity contribution in [1.29, 1.82) is 0 Å². The van der Waals surface area contributed by atoms with Gasteiger partial charge in [0.25, 0.3) is 5.56 Å². The number of nitrogens with zero attached hydrogens (tertiary/aromatic N) is 2. The van der Waals surface area contributed by atoms with Crippen molar-refractivity contribution in [1.82, 2.24) is 14.5 Å². The number of hydrogen-bond donors (Lipinski definition) is 2. The summed E-state index contributed by atoms with van der Waals surface area (Å²) in [6, 6.07) is 9.90. The van der Waals surface area contributed by atoms with Crippen molar-refractivity contribution in [3.05, 3.63) is 57.5 Å². The number of carbonyl (C=O) groups is 1. The number of carboxylic acids is 1. The topological polar surface area (TPSA) is 78.3 Å². The van der Waals surface area contributed by atoms with Crippen molar-refractivity contribution in [2.75, 3.05) is 14.1 Å². The van der Waals surface area contributed by atoms with E-state index < -0.39 is 11.5 Å². The van der Waals surface area contributed by atoms with Crippen molar-refractivity contribution in [3.63, 3.8) is 0 Å². The summed E-state index contributed by atoms with van der Waals surface area (Å²) in [7, 11) is 4.18. The van der Waals surface area contributed by atoms with Gasteiger partial charge in [-0.3, -0.25) is 9.69 Å². The molecule has 2 aromatic heterocycles. The smallest absolute Gasteiger partial charge is 0.341 e. The van der Waals surface area contributed by atoms with Gasteiger partial charge in [-0.2, -0.15) is 0 Å². The molecular weight excluding hydrogens is 378 g/mol. The third-order valence-electron chi connectivity index (χ3n) is 5.50. The number of aromatic nitrogens is 2. The Morgan fingerprint density at radius 1 is 1.29 bits per heavy atom. The number of aromatic carboxylic acids is 1. The fourth-order valence-electron chi connectivity index (χ4n) is 4.14. The van der Waals surface area contributed by atoms with Gasteiger partial charge in [0.1, 0.15) is 5.56 Å². The van der Waals surface area contributed by atoms with Gasteiger partial charge in [0.2, 0.25) is 0 Å². The van der Waals surface area contributed by atoms with Crippen LogP contribution in [-0.4, -0.2) is 39.6 Å². The van der Waals surface area contributed by atoms with Crippen LogP contribution in [0.15, 0.2) is 35.1 Å². The quantitative estimate of drug-likeness (QED) is 0.698. The van der Waals surface area contributed by atoms with Crippen molar-refractivity contribution in [3.8, 4) is 11.3 Å². The van der Waals surface area contributed by atoms with Gasteiger partial charge in [-0.1, -0.05) is 19.1 Å². The maximum Gasteiger partial charge on any atom is 0.341 e. The molecule has 1 aromatic carbocycles. The van der Waals surface area contributed by atoms with Crippen LogP contribution in [0, 0.1) is 0 Å². The molecule has 0 amide bonds. The first-order chi connectivity index (χ1) is 12.9. The second-order valence-corrected chi connectivity index (χ2v) is 7.33. The molecule has 4 rings (SSSR count). The minimum absolute atomic E-state index is 0. The van der Waals surface area contributed by atoms with Crippen LogP contribution < -0.4 is 5.56 Å². The fraction of sp³-hybridized carbons (Fsp3) is 0.333. The summed E-state index contributed by atoms with van der Waals surface area (Å²) in [6.07, 6.45) is 3.10. The number of H-pyrrole nitrogens is 1. The Hall–Kier alpha value is -2.57. The van der Waals surface area contributed by atoms with Crippen LogP contribution in [0.2, 0.25) is 0 Å². The SMILES string of the molecule is CCc1cc(C(=O)O)c(=O)[nH]c1-c1ccc2cc3n(c2c1)C(N(C)C)CC3.Cl. The molecular formula is C21H24ClN3O3. The standard InChI is InChI=1S/C21H23N3O3.ClH/c1-4-12-10-16(21(26)27)20(25)22-19(12)14-6-5-13-9-15-7-8-18(23(2)3)24(15)17(13)11-14;/h5-6,9-11,18H,4,7-8H2,1-3H3,(H,22,25)(H,26,27);1H. The highest BCUT2D eigenvalue weighted by molar-refractivity contribution is 5.89. The van der Waals surface area contributed by atoms with Gasteiger partial charge in [0.15, 0.2) is 0 Å². The highest BCUT2D eigenvalue weighted by Gasteiger charge is 2.26. The van der Waals surface area contributed by atoms with Crippen molar-refractivity contribution < 1.29 is 9.90 Å². The van der Waals surface area contributed by atoms with E-state index in [0.29, 0.717) is 18.3 Å². The summed E-state index contributed by atoms with van der Waals surface area (Å²) in [5, 5.41) is 10.4. The predicted octanol–water partition coefficient (Wildman–Crippen LogP) is 3.69. The van der Waals surface area contributed by atoms with E-state index in [0.717, 1.165) is 29.5 Å². The molecule has 0 fully saturated rings. The molecule has 0 saturated heterocycles. The molecule has 7 heteroatoms. The van der Waals surface area contributed by atoms with E-state index in [9.17, 15) is 14.7 Å². The Morgan fingerprint density at radius 2 is 2.04 bits per heavy atom. The molecule has 2 N–H and O–H groups in total. The number of carboxylic acid groups (broad SMARTS) is 1. The Morgan fingerprint density at radius 3 is 2.68 bits per heavy atom. The molecule has 28 heavy (non-hydrogen) atoms. The zero-order valence-electron chi connectivity index (χ0n) is 16.2. The minimum atomic E-state index is -1.20. The van der Waals surface area contributed by atoms with Crippen LogP contribution in [-0.2, 0) is 12.8 Å². The first-order valence-electron chi connectivity index (χ1n) is 9.21. The molecule has 0 spiro atoms. The van der Waals surface area contributed by atoms with Crippen molar-refractivity contribution in [2.24, 2.45) is 0 Å². The number of hydrogen-bond acceptors (Lipinski definition) is 3. The number of aromatic amines is 1. The molecule has 1 aliphatic heterocycles. The Balaban J connectivity index is 0.00000225. The maximum atomic E-state index is 12.2. The minimum Gasteiger partial charge on any atom is -0.477 e. The van der Waals surface area contributed by atoms with Gasteiger partial charge in [-0.05, 0) is 62.5 Å². The van der Waals surface area contributed by atoms with E-state index in [4.69, 9.17) is 0 Å². The summed E-state index contributed by atoms with van der Waals surface area (Å²) in [5.74, 6) is -1.20. The van der Waals surface area contributed by atoms with Crippen LogP contribution in [0.5, 0.6) is 0 Å². The first kappa shape index (κ1) is 20.2.